The van der Waals surface area contributed by atoms with Gasteiger partial charge in [-0.15, -0.1) is 0 Å². The fraction of sp³-hybridized carbons (Fsp3) is 0.133. The average molecular weight is 373 g/mol. The van der Waals surface area contributed by atoms with Crippen LogP contribution in [-0.2, 0) is 6.54 Å². The van der Waals surface area contributed by atoms with Crippen LogP contribution < -0.4 is 10.1 Å². The van der Waals surface area contributed by atoms with E-state index in [4.69, 9.17) is 16.3 Å². The lowest BCUT2D eigenvalue weighted by Gasteiger charge is -2.10. The van der Waals surface area contributed by atoms with Gasteiger partial charge in [0.05, 0.1) is 17.7 Å². The average Bonchev–Trinajstić information content (AvgIpc) is 2.48. The summed E-state index contributed by atoms with van der Waals surface area (Å²) in [6.07, 6.45) is 0. The first-order chi connectivity index (χ1) is 10.0. The molecule has 0 aliphatic rings. The Labute approximate surface area is 135 Å². The lowest BCUT2D eigenvalue weighted by molar-refractivity contribution is 0.0947. The molecule has 0 atom stereocenters. The van der Waals surface area contributed by atoms with Crippen molar-refractivity contribution < 1.29 is 13.9 Å². The molecule has 2 rings (SSSR count). The molecular formula is C15H12BrClFNO2. The summed E-state index contributed by atoms with van der Waals surface area (Å²) < 4.78 is 19.1. The number of rotatable bonds is 4. The molecule has 0 radical (unpaired) electrons. The number of amides is 1. The second kappa shape index (κ2) is 6.91. The maximum Gasteiger partial charge on any atom is 0.255 e. The van der Waals surface area contributed by atoms with E-state index in [1.165, 1.54) is 19.2 Å². The van der Waals surface area contributed by atoms with Crippen molar-refractivity contribution in [3.8, 4) is 5.75 Å². The minimum atomic E-state index is -0.493. The normalized spacial score (nSPS) is 10.3. The summed E-state index contributed by atoms with van der Waals surface area (Å²) >= 11 is 9.28. The summed E-state index contributed by atoms with van der Waals surface area (Å²) in [4.78, 5) is 12.1. The van der Waals surface area contributed by atoms with Crippen LogP contribution in [0.1, 0.15) is 15.9 Å². The van der Waals surface area contributed by atoms with Gasteiger partial charge >= 0.3 is 0 Å². The van der Waals surface area contributed by atoms with Crippen molar-refractivity contribution in [2.45, 2.75) is 6.54 Å². The second-order valence-corrected chi connectivity index (χ2v) is 5.54. The highest BCUT2D eigenvalue weighted by molar-refractivity contribution is 9.10. The van der Waals surface area contributed by atoms with Crippen LogP contribution in [0.2, 0.25) is 5.02 Å². The lowest BCUT2D eigenvalue weighted by atomic mass is 10.1. The highest BCUT2D eigenvalue weighted by Gasteiger charge is 2.13. The predicted molar refractivity (Wildman–Crippen MR) is 83.3 cm³/mol. The maximum atomic E-state index is 13.2. The topological polar surface area (TPSA) is 38.3 Å². The molecule has 0 aromatic heterocycles. The summed E-state index contributed by atoms with van der Waals surface area (Å²) in [6, 6.07) is 9.17. The predicted octanol–water partition coefficient (Wildman–Crippen LogP) is 4.18. The molecule has 0 aliphatic carbocycles. The number of halogens is 3. The first kappa shape index (κ1) is 15.8. The molecule has 0 unspecified atom stereocenters. The number of carbonyl (C=O) groups is 1. The third-order valence-electron chi connectivity index (χ3n) is 2.84. The number of methoxy groups -OCH3 is 1. The number of ether oxygens (including phenoxy) is 1. The van der Waals surface area contributed by atoms with Gasteiger partial charge in [0, 0.05) is 11.0 Å². The zero-order chi connectivity index (χ0) is 15.4. The number of carbonyl (C=O) groups excluding carboxylic acids is 1. The molecule has 0 heterocycles. The van der Waals surface area contributed by atoms with E-state index in [2.05, 4.69) is 21.2 Å². The van der Waals surface area contributed by atoms with Gasteiger partial charge in [0.1, 0.15) is 11.6 Å². The largest absolute Gasteiger partial charge is 0.496 e. The van der Waals surface area contributed by atoms with Crippen molar-refractivity contribution in [3.05, 3.63) is 62.8 Å². The van der Waals surface area contributed by atoms with E-state index < -0.39 is 11.7 Å². The zero-order valence-corrected chi connectivity index (χ0v) is 13.5. The Kier molecular flexibility index (Phi) is 5.20. The van der Waals surface area contributed by atoms with Crippen molar-refractivity contribution in [1.82, 2.24) is 5.32 Å². The summed E-state index contributed by atoms with van der Waals surface area (Å²) in [5.41, 5.74) is 0.993. The second-order valence-electron chi connectivity index (χ2n) is 4.28. The van der Waals surface area contributed by atoms with E-state index in [-0.39, 0.29) is 12.1 Å². The van der Waals surface area contributed by atoms with Crippen LogP contribution in [0, 0.1) is 5.82 Å². The van der Waals surface area contributed by atoms with Crippen LogP contribution in [0.4, 0.5) is 4.39 Å². The van der Waals surface area contributed by atoms with E-state index in [9.17, 15) is 9.18 Å². The first-order valence-electron chi connectivity index (χ1n) is 6.07. The molecule has 6 heteroatoms. The van der Waals surface area contributed by atoms with E-state index in [1.54, 1.807) is 12.1 Å². The van der Waals surface area contributed by atoms with Crippen LogP contribution in [-0.4, -0.2) is 13.0 Å². The van der Waals surface area contributed by atoms with Crippen molar-refractivity contribution in [1.29, 1.82) is 0 Å². The molecule has 3 nitrogen and oxygen atoms in total. The van der Waals surface area contributed by atoms with E-state index in [0.717, 1.165) is 16.1 Å². The SMILES string of the molecule is COc1ccc(F)cc1C(=O)NCc1ccc(Br)c(Cl)c1. The Bertz CT molecular complexity index is 679. The molecular weight excluding hydrogens is 361 g/mol. The van der Waals surface area contributed by atoms with Crippen LogP contribution in [0.15, 0.2) is 40.9 Å². The summed E-state index contributed by atoms with van der Waals surface area (Å²) in [7, 11) is 1.43. The van der Waals surface area contributed by atoms with Crippen molar-refractivity contribution >= 4 is 33.4 Å². The van der Waals surface area contributed by atoms with Crippen LogP contribution in [0.25, 0.3) is 0 Å². The summed E-state index contributed by atoms with van der Waals surface area (Å²) in [5, 5.41) is 3.26. The molecule has 0 spiro atoms. The van der Waals surface area contributed by atoms with Gasteiger partial charge in [-0.25, -0.2) is 4.39 Å². The lowest BCUT2D eigenvalue weighted by Crippen LogP contribution is -2.23. The van der Waals surface area contributed by atoms with Gasteiger partial charge in [-0.05, 0) is 51.8 Å². The summed E-state index contributed by atoms with van der Waals surface area (Å²) in [6.45, 7) is 0.283. The third-order valence-corrected chi connectivity index (χ3v) is 4.08. The molecule has 2 aromatic rings. The Hall–Kier alpha value is -1.59. The van der Waals surface area contributed by atoms with Gasteiger partial charge in [0.15, 0.2) is 0 Å². The van der Waals surface area contributed by atoms with E-state index in [1.807, 2.05) is 6.07 Å². The standard InChI is InChI=1S/C15H12BrClFNO2/c1-21-14-5-3-10(18)7-11(14)15(20)19-8-9-2-4-12(16)13(17)6-9/h2-7H,8H2,1H3,(H,19,20). The van der Waals surface area contributed by atoms with E-state index in [0.29, 0.717) is 10.8 Å². The number of hydrogen-bond acceptors (Lipinski definition) is 2. The van der Waals surface area contributed by atoms with Crippen LogP contribution in [0.3, 0.4) is 0 Å². The van der Waals surface area contributed by atoms with Crippen molar-refractivity contribution in [2.24, 2.45) is 0 Å². The van der Waals surface area contributed by atoms with E-state index >= 15 is 0 Å². The molecule has 0 bridgehead atoms. The molecule has 0 fully saturated rings. The Balaban J connectivity index is 2.11. The fourth-order valence-electron chi connectivity index (χ4n) is 1.78. The molecule has 1 amide bonds. The van der Waals surface area contributed by atoms with Crippen molar-refractivity contribution in [3.63, 3.8) is 0 Å². The minimum Gasteiger partial charge on any atom is -0.496 e. The maximum absolute atomic E-state index is 13.2. The molecule has 110 valence electrons. The summed E-state index contributed by atoms with van der Waals surface area (Å²) in [5.74, 6) is -0.583. The van der Waals surface area contributed by atoms with Gasteiger partial charge < -0.3 is 10.1 Å². The highest BCUT2D eigenvalue weighted by Crippen LogP contribution is 2.23. The smallest absolute Gasteiger partial charge is 0.255 e. The number of benzene rings is 2. The Morgan fingerprint density at radius 1 is 1.33 bits per heavy atom. The third kappa shape index (κ3) is 3.95. The number of hydrogen-bond donors (Lipinski definition) is 1. The van der Waals surface area contributed by atoms with Gasteiger partial charge in [-0.3, -0.25) is 4.79 Å². The Morgan fingerprint density at radius 2 is 2.10 bits per heavy atom. The zero-order valence-electron chi connectivity index (χ0n) is 11.1. The van der Waals surface area contributed by atoms with Gasteiger partial charge in [0.2, 0.25) is 0 Å². The molecule has 2 aromatic carbocycles. The van der Waals surface area contributed by atoms with Crippen molar-refractivity contribution in [2.75, 3.05) is 7.11 Å². The molecule has 0 aliphatic heterocycles. The number of nitrogens with one attached hydrogen (secondary N) is 1. The molecule has 21 heavy (non-hydrogen) atoms. The first-order valence-corrected chi connectivity index (χ1v) is 7.24. The van der Waals surface area contributed by atoms with Crippen LogP contribution in [0.5, 0.6) is 5.75 Å². The highest BCUT2D eigenvalue weighted by atomic mass is 79.9. The fourth-order valence-corrected chi connectivity index (χ4v) is 2.23. The molecule has 0 saturated heterocycles. The van der Waals surface area contributed by atoms with Crippen LogP contribution >= 0.6 is 27.5 Å². The molecule has 1 N–H and O–H groups in total. The van der Waals surface area contributed by atoms with Gasteiger partial charge in [-0.2, -0.15) is 0 Å². The quantitative estimate of drug-likeness (QED) is 0.874. The molecule has 0 saturated carbocycles. The van der Waals surface area contributed by atoms with Gasteiger partial charge in [0.25, 0.3) is 5.91 Å². The minimum absolute atomic E-state index is 0.153. The Morgan fingerprint density at radius 3 is 2.76 bits per heavy atom. The monoisotopic (exact) mass is 371 g/mol. The van der Waals surface area contributed by atoms with Gasteiger partial charge in [-0.1, -0.05) is 17.7 Å².